The average Bonchev–Trinajstić information content (AvgIpc) is 3.28. The molecule has 4 unspecified atom stereocenters. The number of benzene rings is 1. The van der Waals surface area contributed by atoms with E-state index in [1.165, 1.54) is 16.8 Å². The first-order valence-electron chi connectivity index (χ1n) is 9.77. The SMILES string of the molecule is CCOc1ccc(C=NNc2nc3c(=O)[nH]cnc3n2C2OC(CO)C(O)C2O)c(O)c1. The maximum absolute atomic E-state index is 12.2. The van der Waals surface area contributed by atoms with Crippen LogP contribution < -0.4 is 15.7 Å². The zero-order valence-electron chi connectivity index (χ0n) is 16.9. The number of hydrogen-bond acceptors (Lipinski definition) is 11. The van der Waals surface area contributed by atoms with Crippen molar-refractivity contribution in [2.24, 2.45) is 5.10 Å². The minimum Gasteiger partial charge on any atom is -0.507 e. The molecule has 32 heavy (non-hydrogen) atoms. The van der Waals surface area contributed by atoms with Crippen LogP contribution in [0.3, 0.4) is 0 Å². The maximum atomic E-state index is 12.2. The molecule has 3 heterocycles. The molecule has 13 heteroatoms. The lowest BCUT2D eigenvalue weighted by Gasteiger charge is -2.18. The van der Waals surface area contributed by atoms with Crippen LogP contribution in [0.1, 0.15) is 18.7 Å². The molecule has 4 atom stereocenters. The molecule has 13 nitrogen and oxygen atoms in total. The normalized spacial score (nSPS) is 23.2. The van der Waals surface area contributed by atoms with Crippen molar-refractivity contribution in [3.63, 3.8) is 0 Å². The number of phenols is 1. The highest BCUT2D eigenvalue weighted by atomic mass is 16.6. The summed E-state index contributed by atoms with van der Waals surface area (Å²) in [7, 11) is 0. The Bertz CT molecular complexity index is 1190. The number of nitrogens with zero attached hydrogens (tertiary/aromatic N) is 4. The van der Waals surface area contributed by atoms with Gasteiger partial charge >= 0.3 is 0 Å². The van der Waals surface area contributed by atoms with Crippen molar-refractivity contribution in [1.29, 1.82) is 0 Å². The lowest BCUT2D eigenvalue weighted by atomic mass is 10.1. The van der Waals surface area contributed by atoms with Gasteiger partial charge in [0, 0.05) is 11.6 Å². The van der Waals surface area contributed by atoms with Gasteiger partial charge in [0.1, 0.15) is 29.8 Å². The molecule has 3 aromatic rings. The molecule has 0 amide bonds. The van der Waals surface area contributed by atoms with Gasteiger partial charge in [-0.15, -0.1) is 0 Å². The van der Waals surface area contributed by atoms with Crippen LogP contribution in [0.5, 0.6) is 11.5 Å². The first-order chi connectivity index (χ1) is 15.4. The topological polar surface area (TPSA) is 187 Å². The van der Waals surface area contributed by atoms with Gasteiger partial charge in [-0.1, -0.05) is 0 Å². The number of nitrogens with one attached hydrogen (secondary N) is 2. The number of imidazole rings is 1. The van der Waals surface area contributed by atoms with E-state index in [2.05, 4.69) is 25.5 Å². The number of hydrogen-bond donors (Lipinski definition) is 6. The van der Waals surface area contributed by atoms with E-state index < -0.39 is 36.7 Å². The van der Waals surface area contributed by atoms with Gasteiger partial charge in [-0.25, -0.2) is 15.4 Å². The third kappa shape index (κ3) is 3.89. The van der Waals surface area contributed by atoms with Crippen molar-refractivity contribution in [2.45, 2.75) is 31.5 Å². The highest BCUT2D eigenvalue weighted by Gasteiger charge is 2.45. The van der Waals surface area contributed by atoms with Gasteiger partial charge in [-0.05, 0) is 19.1 Å². The number of aromatic amines is 1. The second-order valence-electron chi connectivity index (χ2n) is 6.96. The number of hydrazone groups is 1. The first-order valence-corrected chi connectivity index (χ1v) is 9.77. The van der Waals surface area contributed by atoms with Gasteiger partial charge < -0.3 is 34.9 Å². The van der Waals surface area contributed by atoms with Gasteiger partial charge in [0.05, 0.1) is 25.8 Å². The van der Waals surface area contributed by atoms with Gasteiger partial charge in [0.2, 0.25) is 5.95 Å². The van der Waals surface area contributed by atoms with E-state index in [9.17, 15) is 25.2 Å². The third-order valence-corrected chi connectivity index (χ3v) is 4.94. The second kappa shape index (κ2) is 8.92. The highest BCUT2D eigenvalue weighted by molar-refractivity contribution is 5.84. The first kappa shape index (κ1) is 21.7. The smallest absolute Gasteiger partial charge is 0.278 e. The zero-order chi connectivity index (χ0) is 22.8. The number of aliphatic hydroxyl groups is 3. The third-order valence-electron chi connectivity index (χ3n) is 4.94. The Kier molecular flexibility index (Phi) is 6.05. The van der Waals surface area contributed by atoms with Crippen LogP contribution in [0.4, 0.5) is 5.95 Å². The lowest BCUT2D eigenvalue weighted by molar-refractivity contribution is -0.0501. The quantitative estimate of drug-likeness (QED) is 0.200. The molecule has 1 fully saturated rings. The van der Waals surface area contributed by atoms with Crippen molar-refractivity contribution in [3.8, 4) is 11.5 Å². The molecule has 170 valence electrons. The number of aromatic nitrogens is 4. The van der Waals surface area contributed by atoms with Crippen LogP contribution in [0.15, 0.2) is 34.4 Å². The monoisotopic (exact) mass is 446 g/mol. The summed E-state index contributed by atoms with van der Waals surface area (Å²) in [5, 5.41) is 44.1. The molecule has 1 aromatic carbocycles. The zero-order valence-corrected chi connectivity index (χ0v) is 16.9. The van der Waals surface area contributed by atoms with Crippen LogP contribution in [-0.2, 0) is 4.74 Å². The number of rotatable bonds is 7. The Morgan fingerprint density at radius 1 is 1.38 bits per heavy atom. The molecule has 2 aromatic heterocycles. The lowest BCUT2D eigenvalue weighted by Crippen LogP contribution is -2.33. The van der Waals surface area contributed by atoms with E-state index in [4.69, 9.17) is 9.47 Å². The molecule has 0 radical (unpaired) electrons. The molecular formula is C19H22N6O7. The van der Waals surface area contributed by atoms with Gasteiger partial charge in [-0.3, -0.25) is 9.36 Å². The van der Waals surface area contributed by atoms with E-state index in [1.807, 2.05) is 6.92 Å². The fourth-order valence-corrected chi connectivity index (χ4v) is 3.38. The summed E-state index contributed by atoms with van der Waals surface area (Å²) in [6.45, 7) is 1.77. The summed E-state index contributed by atoms with van der Waals surface area (Å²) >= 11 is 0. The Balaban J connectivity index is 1.67. The maximum Gasteiger partial charge on any atom is 0.278 e. The number of ether oxygens (including phenoxy) is 2. The molecule has 0 saturated carbocycles. The molecule has 4 rings (SSSR count). The minimum absolute atomic E-state index is 0.0132. The molecule has 1 aliphatic rings. The van der Waals surface area contributed by atoms with Crippen LogP contribution in [0, 0.1) is 0 Å². The van der Waals surface area contributed by atoms with Crippen molar-refractivity contribution in [3.05, 3.63) is 40.4 Å². The van der Waals surface area contributed by atoms with Crippen LogP contribution in [0.2, 0.25) is 0 Å². The van der Waals surface area contributed by atoms with Gasteiger partial charge in [-0.2, -0.15) is 5.10 Å². The Morgan fingerprint density at radius 3 is 2.88 bits per heavy atom. The minimum atomic E-state index is -1.43. The Labute approximate surface area is 180 Å². The highest BCUT2D eigenvalue weighted by Crippen LogP contribution is 2.33. The number of aliphatic hydroxyl groups excluding tert-OH is 3. The van der Waals surface area contributed by atoms with Crippen LogP contribution in [-0.4, -0.2) is 77.7 Å². The van der Waals surface area contributed by atoms with Crippen LogP contribution >= 0.6 is 0 Å². The summed E-state index contributed by atoms with van der Waals surface area (Å²) in [5.41, 5.74) is 2.52. The number of phenolic OH excluding ortho intramolecular Hbond substituents is 1. The fraction of sp³-hybridized carbons (Fsp3) is 0.368. The van der Waals surface area contributed by atoms with E-state index in [0.717, 1.165) is 6.33 Å². The predicted molar refractivity (Wildman–Crippen MR) is 112 cm³/mol. The van der Waals surface area contributed by atoms with E-state index >= 15 is 0 Å². The summed E-state index contributed by atoms with van der Waals surface area (Å²) in [4.78, 5) is 22.8. The molecule has 0 spiro atoms. The fourth-order valence-electron chi connectivity index (χ4n) is 3.38. The van der Waals surface area contributed by atoms with Crippen molar-refractivity contribution in [1.82, 2.24) is 19.5 Å². The molecule has 0 bridgehead atoms. The second-order valence-corrected chi connectivity index (χ2v) is 6.96. The van der Waals surface area contributed by atoms with E-state index in [-0.39, 0.29) is 22.9 Å². The summed E-state index contributed by atoms with van der Waals surface area (Å²) in [6, 6.07) is 4.72. The summed E-state index contributed by atoms with van der Waals surface area (Å²) in [6.07, 6.45) is -2.53. The number of H-pyrrole nitrogens is 1. The number of aromatic hydroxyl groups is 1. The van der Waals surface area contributed by atoms with Gasteiger partial charge in [0.25, 0.3) is 5.56 Å². The van der Waals surface area contributed by atoms with Crippen molar-refractivity contribution >= 4 is 23.3 Å². The number of fused-ring (bicyclic) bond motifs is 1. The molecule has 1 saturated heterocycles. The Hall–Kier alpha value is -3.52. The number of anilines is 1. The molecular weight excluding hydrogens is 424 g/mol. The standard InChI is InChI=1S/C19H22N6O7/c1-2-31-10-4-3-9(11(27)5-10)6-22-24-19-23-13-16(20-8-21-17(13)30)25(19)18-15(29)14(28)12(7-26)32-18/h3-6,8,12,14-15,18,26-29H,2,7H2,1H3,(H,23,24)(H,20,21,30). The molecule has 1 aliphatic heterocycles. The largest absolute Gasteiger partial charge is 0.507 e. The van der Waals surface area contributed by atoms with Crippen molar-refractivity contribution < 1.29 is 29.9 Å². The summed E-state index contributed by atoms with van der Waals surface area (Å²) in [5.74, 6) is 0.434. The summed E-state index contributed by atoms with van der Waals surface area (Å²) < 4.78 is 12.2. The van der Waals surface area contributed by atoms with E-state index in [0.29, 0.717) is 17.9 Å². The molecule has 0 aliphatic carbocycles. The van der Waals surface area contributed by atoms with Crippen LogP contribution in [0.25, 0.3) is 11.2 Å². The van der Waals surface area contributed by atoms with E-state index in [1.54, 1.807) is 12.1 Å². The van der Waals surface area contributed by atoms with Crippen molar-refractivity contribution in [2.75, 3.05) is 18.6 Å². The predicted octanol–water partition coefficient (Wildman–Crippen LogP) is -0.719. The average molecular weight is 446 g/mol. The Morgan fingerprint density at radius 2 is 2.19 bits per heavy atom. The van der Waals surface area contributed by atoms with Gasteiger partial charge in [0.15, 0.2) is 17.4 Å². The molecule has 6 N–H and O–H groups in total.